The number of benzene rings is 2. The third-order valence-electron chi connectivity index (χ3n) is 3.95. The predicted molar refractivity (Wildman–Crippen MR) is 111 cm³/mol. The summed E-state index contributed by atoms with van der Waals surface area (Å²) in [6.45, 7) is 0. The van der Waals surface area contributed by atoms with Gasteiger partial charge in [0.25, 0.3) is 0 Å². The first-order valence-corrected chi connectivity index (χ1v) is 10.6. The Hall–Kier alpha value is -2.68. The Morgan fingerprint density at radius 2 is 2.04 bits per heavy atom. The van der Waals surface area contributed by atoms with Gasteiger partial charge in [0.2, 0.25) is 0 Å². The Labute approximate surface area is 170 Å². The minimum Gasteiger partial charge on any atom is -0.612 e. The van der Waals surface area contributed by atoms with Crippen LogP contribution in [0.1, 0.15) is 10.4 Å². The molecule has 0 bridgehead atoms. The molecule has 3 rings (SSSR count). The summed E-state index contributed by atoms with van der Waals surface area (Å²) in [5.74, 6) is -0.459. The number of hydrogen-bond acceptors (Lipinski definition) is 6. The Morgan fingerprint density at radius 3 is 2.68 bits per heavy atom. The number of methoxy groups -OCH3 is 1. The van der Waals surface area contributed by atoms with Crippen LogP contribution in [0.15, 0.2) is 70.6 Å². The summed E-state index contributed by atoms with van der Waals surface area (Å²) < 4.78 is 20.5. The molecule has 0 aliphatic heterocycles. The molecule has 0 radical (unpaired) electrons. The molecule has 6 nitrogen and oxygen atoms in total. The molecule has 3 aromatic rings. The number of pyridine rings is 1. The van der Waals surface area contributed by atoms with E-state index in [0.29, 0.717) is 15.5 Å². The van der Waals surface area contributed by atoms with E-state index in [0.717, 1.165) is 16.9 Å². The smallest absolute Gasteiger partial charge is 0.335 e. The number of aromatic nitrogens is 1. The summed E-state index contributed by atoms with van der Waals surface area (Å²) in [6, 6.07) is 15.7. The van der Waals surface area contributed by atoms with E-state index >= 15 is 0 Å². The van der Waals surface area contributed by atoms with Crippen LogP contribution in [0.4, 0.5) is 5.69 Å². The molecule has 0 spiro atoms. The lowest BCUT2D eigenvalue weighted by molar-refractivity contribution is 0.0696. The highest BCUT2D eigenvalue weighted by atomic mass is 32.2. The standard InChI is InChI=1S/C20H18N2O4S2/c1-26-18-9-6-13(20(23)24)11-19(18)27-22-17-12-14(28(2)25)7-8-15(17)16-5-3-4-10-21-16/h3-12,22H,1-2H3,(H,23,24). The number of nitrogens with one attached hydrogen (secondary N) is 1. The second kappa shape index (κ2) is 9.01. The average Bonchev–Trinajstić information content (AvgIpc) is 2.72. The molecule has 0 aliphatic rings. The van der Waals surface area contributed by atoms with Crippen molar-refractivity contribution in [3.8, 4) is 17.0 Å². The highest BCUT2D eigenvalue weighted by Gasteiger charge is 2.14. The van der Waals surface area contributed by atoms with E-state index in [-0.39, 0.29) is 5.56 Å². The van der Waals surface area contributed by atoms with Crippen LogP contribution in [0, 0.1) is 0 Å². The molecule has 1 unspecified atom stereocenters. The van der Waals surface area contributed by atoms with Crippen molar-refractivity contribution in [2.75, 3.05) is 18.1 Å². The first-order valence-electron chi connectivity index (χ1n) is 8.22. The highest BCUT2D eigenvalue weighted by molar-refractivity contribution is 8.00. The third-order valence-corrected chi connectivity index (χ3v) is 5.72. The first kappa shape index (κ1) is 20.1. The maximum atomic E-state index is 11.9. The van der Waals surface area contributed by atoms with Gasteiger partial charge in [-0.2, -0.15) is 0 Å². The number of rotatable bonds is 7. The van der Waals surface area contributed by atoms with Crippen LogP contribution < -0.4 is 9.46 Å². The molecule has 0 fully saturated rings. The molecule has 1 atom stereocenters. The van der Waals surface area contributed by atoms with Gasteiger partial charge in [0.15, 0.2) is 4.90 Å². The SMILES string of the molecule is COc1ccc(C(=O)O)cc1SNc1cc([S+](C)[O-])ccc1-c1ccccn1. The zero-order valence-electron chi connectivity index (χ0n) is 15.2. The second-order valence-corrected chi connectivity index (χ2v) is 7.98. The van der Waals surface area contributed by atoms with Crippen LogP contribution in [-0.4, -0.2) is 34.0 Å². The van der Waals surface area contributed by atoms with E-state index in [9.17, 15) is 14.5 Å². The van der Waals surface area contributed by atoms with Crippen molar-refractivity contribution in [2.24, 2.45) is 0 Å². The zero-order chi connectivity index (χ0) is 20.1. The summed E-state index contributed by atoms with van der Waals surface area (Å²) in [5.41, 5.74) is 2.50. The summed E-state index contributed by atoms with van der Waals surface area (Å²) in [4.78, 5) is 17.0. The van der Waals surface area contributed by atoms with E-state index < -0.39 is 17.1 Å². The summed E-state index contributed by atoms with van der Waals surface area (Å²) in [7, 11) is 1.53. The maximum absolute atomic E-state index is 11.9. The summed E-state index contributed by atoms with van der Waals surface area (Å²) >= 11 is 0.0806. The van der Waals surface area contributed by atoms with Gasteiger partial charge in [-0.05, 0) is 65.6 Å². The topological polar surface area (TPSA) is 94.5 Å². The van der Waals surface area contributed by atoms with Gasteiger partial charge in [-0.3, -0.25) is 4.98 Å². The minimum absolute atomic E-state index is 0.165. The normalized spacial score (nSPS) is 11.7. The minimum atomic E-state index is -1.14. The van der Waals surface area contributed by atoms with Crippen LogP contribution in [0.5, 0.6) is 5.75 Å². The molecule has 144 valence electrons. The van der Waals surface area contributed by atoms with Crippen LogP contribution in [0.2, 0.25) is 0 Å². The molecule has 0 amide bonds. The van der Waals surface area contributed by atoms with Crippen LogP contribution in [0.3, 0.4) is 0 Å². The first-order chi connectivity index (χ1) is 13.5. The van der Waals surface area contributed by atoms with Gasteiger partial charge >= 0.3 is 5.97 Å². The molecule has 28 heavy (non-hydrogen) atoms. The lowest BCUT2D eigenvalue weighted by Gasteiger charge is -2.15. The quantitative estimate of drug-likeness (QED) is 0.439. The largest absolute Gasteiger partial charge is 0.612 e. The molecule has 2 N–H and O–H groups in total. The van der Waals surface area contributed by atoms with Crippen molar-refractivity contribution in [2.45, 2.75) is 9.79 Å². The van der Waals surface area contributed by atoms with Crippen molar-refractivity contribution in [3.63, 3.8) is 0 Å². The summed E-state index contributed by atoms with van der Waals surface area (Å²) in [5, 5.41) is 9.24. The Kier molecular flexibility index (Phi) is 6.45. The van der Waals surface area contributed by atoms with Crippen molar-refractivity contribution >= 4 is 34.8 Å². The van der Waals surface area contributed by atoms with Gasteiger partial charge in [-0.25, -0.2) is 4.79 Å². The third kappa shape index (κ3) is 4.59. The van der Waals surface area contributed by atoms with Gasteiger partial charge in [0, 0.05) is 17.8 Å². The molecule has 0 saturated heterocycles. The van der Waals surface area contributed by atoms with Gasteiger partial charge in [-0.1, -0.05) is 6.07 Å². The molecule has 1 aromatic heterocycles. The van der Waals surface area contributed by atoms with E-state index in [4.69, 9.17) is 4.74 Å². The molecule has 1 heterocycles. The number of carbonyl (C=O) groups is 1. The average molecular weight is 415 g/mol. The number of anilines is 1. The van der Waals surface area contributed by atoms with E-state index in [1.165, 1.54) is 25.1 Å². The number of carboxylic acid groups (broad SMARTS) is 1. The lowest BCUT2D eigenvalue weighted by Crippen LogP contribution is -2.01. The van der Waals surface area contributed by atoms with Gasteiger partial charge in [0.05, 0.1) is 29.0 Å². The Bertz CT molecular complexity index is 981. The van der Waals surface area contributed by atoms with E-state index in [1.807, 2.05) is 30.3 Å². The van der Waals surface area contributed by atoms with Crippen molar-refractivity contribution in [3.05, 3.63) is 66.4 Å². The van der Waals surface area contributed by atoms with Crippen molar-refractivity contribution < 1.29 is 19.2 Å². The number of nitrogens with zero attached hydrogens (tertiary/aromatic N) is 1. The van der Waals surface area contributed by atoms with E-state index in [1.54, 1.807) is 30.7 Å². The predicted octanol–water partition coefficient (Wildman–Crippen LogP) is 4.31. The summed E-state index contributed by atoms with van der Waals surface area (Å²) in [6.07, 6.45) is 3.32. The van der Waals surface area contributed by atoms with E-state index in [2.05, 4.69) is 9.71 Å². The fraction of sp³-hybridized carbons (Fsp3) is 0.100. The van der Waals surface area contributed by atoms with Crippen LogP contribution in [0.25, 0.3) is 11.3 Å². The van der Waals surface area contributed by atoms with Crippen LogP contribution in [-0.2, 0) is 11.2 Å². The zero-order valence-corrected chi connectivity index (χ0v) is 16.8. The molecular weight excluding hydrogens is 396 g/mol. The number of hydrogen-bond donors (Lipinski definition) is 2. The van der Waals surface area contributed by atoms with Gasteiger partial charge in [0.1, 0.15) is 12.0 Å². The molecule has 0 saturated carbocycles. The van der Waals surface area contributed by atoms with Crippen molar-refractivity contribution in [1.29, 1.82) is 0 Å². The number of aromatic carboxylic acids is 1. The highest BCUT2D eigenvalue weighted by Crippen LogP contribution is 2.35. The molecule has 0 aliphatic carbocycles. The lowest BCUT2D eigenvalue weighted by atomic mass is 10.1. The Balaban J connectivity index is 1.96. The van der Waals surface area contributed by atoms with Gasteiger partial charge in [-0.15, -0.1) is 0 Å². The monoisotopic (exact) mass is 414 g/mol. The number of carboxylic acids is 1. The Morgan fingerprint density at radius 1 is 1.21 bits per heavy atom. The fourth-order valence-corrected chi connectivity index (χ4v) is 3.90. The van der Waals surface area contributed by atoms with Gasteiger partial charge < -0.3 is 19.1 Å². The molecular formula is C20H18N2O4S2. The molecule has 8 heteroatoms. The number of ether oxygens (including phenoxy) is 1. The van der Waals surface area contributed by atoms with Crippen LogP contribution >= 0.6 is 11.9 Å². The fourth-order valence-electron chi connectivity index (χ4n) is 2.53. The second-order valence-electron chi connectivity index (χ2n) is 5.75. The molecule has 2 aromatic carbocycles. The maximum Gasteiger partial charge on any atom is 0.335 e. The van der Waals surface area contributed by atoms with Crippen molar-refractivity contribution in [1.82, 2.24) is 4.98 Å².